The number of anilines is 1. The third-order valence-corrected chi connectivity index (χ3v) is 2.03. The molecule has 1 unspecified atom stereocenters. The molecule has 1 atom stereocenters. The van der Waals surface area contributed by atoms with Gasteiger partial charge in [0, 0.05) is 6.04 Å². The predicted molar refractivity (Wildman–Crippen MR) is 46.0 cm³/mol. The van der Waals surface area contributed by atoms with Crippen LogP contribution in [-0.4, -0.2) is 15.7 Å². The van der Waals surface area contributed by atoms with Crippen molar-refractivity contribution in [3.8, 4) is 0 Å². The molecule has 0 aliphatic carbocycles. The minimum atomic E-state index is -1.28. The van der Waals surface area contributed by atoms with E-state index >= 15 is 0 Å². The van der Waals surface area contributed by atoms with E-state index in [0.717, 1.165) is 6.42 Å². The van der Waals surface area contributed by atoms with Crippen LogP contribution in [-0.2, 0) is 0 Å². The Morgan fingerprint density at radius 3 is 2.92 bits per heavy atom. The number of carbonyl (C=O) groups is 1. The second-order valence-corrected chi connectivity index (χ2v) is 2.94. The molecule has 1 aromatic heterocycles. The highest BCUT2D eigenvalue weighted by molar-refractivity contribution is 5.89. The Labute approximate surface area is 76.2 Å². The van der Waals surface area contributed by atoms with Gasteiger partial charge in [0.05, 0.1) is 17.9 Å². The first kappa shape index (κ1) is 9.57. The average molecular weight is 182 g/mol. The van der Waals surface area contributed by atoms with Crippen molar-refractivity contribution < 1.29 is 9.90 Å². The quantitative estimate of drug-likeness (QED) is 0.701. The number of aromatic nitrogens is 2. The fourth-order valence-electron chi connectivity index (χ4n) is 1.09. The Morgan fingerprint density at radius 1 is 1.85 bits per heavy atom. The number of nitrogens with two attached hydrogens (primary N) is 1. The lowest BCUT2D eigenvalue weighted by Gasteiger charge is -2.14. The molecule has 0 fully saturated rings. The molecule has 72 valence electrons. The maximum absolute atomic E-state index is 10.7. The van der Waals surface area contributed by atoms with Crippen molar-refractivity contribution in [2.24, 2.45) is 0 Å². The largest absolute Gasteiger partial charge is 0.543 e. The molecule has 1 heterocycles. The van der Waals surface area contributed by atoms with Crippen molar-refractivity contribution >= 4 is 11.7 Å². The molecule has 0 bridgehead atoms. The summed E-state index contributed by atoms with van der Waals surface area (Å²) in [6.45, 7) is 3.82. The summed E-state index contributed by atoms with van der Waals surface area (Å²) in [7, 11) is 0. The maximum Gasteiger partial charge on any atom is 0.107 e. The molecular formula is C8H12N3O2-. The predicted octanol–water partition coefficient (Wildman–Crippen LogP) is -0.200. The Bertz CT molecular complexity index is 319. The second kappa shape index (κ2) is 3.47. The number of hydrogen-bond acceptors (Lipinski definition) is 4. The van der Waals surface area contributed by atoms with Crippen LogP contribution in [0.15, 0.2) is 6.20 Å². The van der Waals surface area contributed by atoms with Gasteiger partial charge in [-0.15, -0.1) is 0 Å². The van der Waals surface area contributed by atoms with E-state index in [4.69, 9.17) is 5.73 Å². The number of hydrogen-bond donors (Lipinski definition) is 1. The molecule has 0 aliphatic rings. The zero-order valence-electron chi connectivity index (χ0n) is 7.65. The SMILES string of the molecule is CCC(C)n1ncc(N)c1C(=O)[O-]. The number of carboxylic acid groups (broad SMARTS) is 1. The number of aromatic carboxylic acids is 1. The van der Waals surface area contributed by atoms with E-state index in [0.29, 0.717) is 0 Å². The van der Waals surface area contributed by atoms with Crippen molar-refractivity contribution in [1.82, 2.24) is 9.78 Å². The Morgan fingerprint density at radius 2 is 2.46 bits per heavy atom. The van der Waals surface area contributed by atoms with Crippen LogP contribution < -0.4 is 10.8 Å². The highest BCUT2D eigenvalue weighted by Gasteiger charge is 2.12. The number of rotatable bonds is 3. The third-order valence-electron chi connectivity index (χ3n) is 2.03. The summed E-state index contributed by atoms with van der Waals surface area (Å²) in [6.07, 6.45) is 2.12. The van der Waals surface area contributed by atoms with Crippen molar-refractivity contribution in [2.45, 2.75) is 26.3 Å². The molecule has 5 nitrogen and oxygen atoms in total. The van der Waals surface area contributed by atoms with E-state index in [1.807, 2.05) is 13.8 Å². The van der Waals surface area contributed by atoms with Crippen molar-refractivity contribution in [3.05, 3.63) is 11.9 Å². The Hall–Kier alpha value is -1.52. The van der Waals surface area contributed by atoms with Gasteiger partial charge in [0.1, 0.15) is 5.69 Å². The van der Waals surface area contributed by atoms with Crippen molar-refractivity contribution in [3.63, 3.8) is 0 Å². The van der Waals surface area contributed by atoms with Crippen LogP contribution >= 0.6 is 0 Å². The van der Waals surface area contributed by atoms with Crippen molar-refractivity contribution in [2.75, 3.05) is 5.73 Å². The zero-order valence-corrected chi connectivity index (χ0v) is 7.65. The van der Waals surface area contributed by atoms with E-state index in [1.54, 1.807) is 0 Å². The first-order valence-electron chi connectivity index (χ1n) is 4.12. The Kier molecular flexibility index (Phi) is 2.55. The topological polar surface area (TPSA) is 84.0 Å². The van der Waals surface area contributed by atoms with Gasteiger partial charge in [-0.3, -0.25) is 4.68 Å². The lowest BCUT2D eigenvalue weighted by atomic mass is 10.2. The van der Waals surface area contributed by atoms with Crippen molar-refractivity contribution in [1.29, 1.82) is 0 Å². The molecule has 2 N–H and O–H groups in total. The minimum absolute atomic E-state index is 0.0187. The van der Waals surface area contributed by atoms with Gasteiger partial charge >= 0.3 is 0 Å². The minimum Gasteiger partial charge on any atom is -0.543 e. The number of carboxylic acids is 1. The van der Waals surface area contributed by atoms with E-state index < -0.39 is 5.97 Å². The number of nitrogen functional groups attached to an aromatic ring is 1. The van der Waals surface area contributed by atoms with Gasteiger partial charge in [-0.05, 0) is 13.3 Å². The lowest BCUT2D eigenvalue weighted by Crippen LogP contribution is -2.28. The molecule has 0 saturated heterocycles. The second-order valence-electron chi connectivity index (χ2n) is 2.94. The van der Waals surface area contributed by atoms with E-state index in [-0.39, 0.29) is 17.4 Å². The first-order valence-corrected chi connectivity index (χ1v) is 4.12. The Balaban J connectivity index is 3.14. The molecule has 0 aliphatic heterocycles. The molecule has 1 rings (SSSR count). The van der Waals surface area contributed by atoms with Crippen LogP contribution in [0.1, 0.15) is 36.8 Å². The highest BCUT2D eigenvalue weighted by Crippen LogP contribution is 2.16. The fraction of sp³-hybridized carbons (Fsp3) is 0.500. The van der Waals surface area contributed by atoms with Gasteiger partial charge < -0.3 is 15.6 Å². The molecule has 0 amide bonds. The van der Waals surface area contributed by atoms with Gasteiger partial charge in [0.25, 0.3) is 0 Å². The summed E-state index contributed by atoms with van der Waals surface area (Å²) in [5.74, 6) is -1.28. The molecule has 5 heteroatoms. The monoisotopic (exact) mass is 182 g/mol. The molecule has 1 aromatic rings. The summed E-state index contributed by atoms with van der Waals surface area (Å²) in [5.41, 5.74) is 5.55. The third kappa shape index (κ3) is 1.63. The van der Waals surface area contributed by atoms with Crippen LogP contribution in [0.25, 0.3) is 0 Å². The van der Waals surface area contributed by atoms with Gasteiger partial charge in [0.15, 0.2) is 0 Å². The summed E-state index contributed by atoms with van der Waals surface area (Å²) in [4.78, 5) is 10.7. The lowest BCUT2D eigenvalue weighted by molar-refractivity contribution is -0.255. The average Bonchev–Trinajstić information content (AvgIpc) is 2.45. The molecule has 0 aromatic carbocycles. The highest BCUT2D eigenvalue weighted by atomic mass is 16.4. The summed E-state index contributed by atoms with van der Waals surface area (Å²) in [5, 5.41) is 14.6. The molecule has 0 saturated carbocycles. The van der Waals surface area contributed by atoms with Crippen LogP contribution in [0.4, 0.5) is 5.69 Å². The fourth-order valence-corrected chi connectivity index (χ4v) is 1.09. The molecular weight excluding hydrogens is 170 g/mol. The summed E-state index contributed by atoms with van der Waals surface area (Å²) in [6, 6.07) is 0.0187. The van der Waals surface area contributed by atoms with Crippen LogP contribution in [0.5, 0.6) is 0 Å². The van der Waals surface area contributed by atoms with E-state index in [1.165, 1.54) is 10.9 Å². The van der Waals surface area contributed by atoms with E-state index in [2.05, 4.69) is 5.10 Å². The van der Waals surface area contributed by atoms with Crippen LogP contribution in [0, 0.1) is 0 Å². The smallest absolute Gasteiger partial charge is 0.107 e. The van der Waals surface area contributed by atoms with Crippen LogP contribution in [0.3, 0.4) is 0 Å². The molecule has 13 heavy (non-hydrogen) atoms. The van der Waals surface area contributed by atoms with E-state index in [9.17, 15) is 9.90 Å². The summed E-state index contributed by atoms with van der Waals surface area (Å²) < 4.78 is 1.38. The van der Waals surface area contributed by atoms with Gasteiger partial charge in [-0.2, -0.15) is 5.10 Å². The van der Waals surface area contributed by atoms with Gasteiger partial charge in [-0.25, -0.2) is 0 Å². The van der Waals surface area contributed by atoms with Gasteiger partial charge in [-0.1, -0.05) is 6.92 Å². The van der Waals surface area contributed by atoms with Gasteiger partial charge in [0.2, 0.25) is 0 Å². The number of carbonyl (C=O) groups excluding carboxylic acids is 1. The normalized spacial score (nSPS) is 12.8. The summed E-state index contributed by atoms with van der Waals surface area (Å²) >= 11 is 0. The molecule has 0 radical (unpaired) electrons. The maximum atomic E-state index is 10.7. The first-order chi connectivity index (χ1) is 6.07. The number of nitrogens with zero attached hydrogens (tertiary/aromatic N) is 2. The van der Waals surface area contributed by atoms with Crippen LogP contribution in [0.2, 0.25) is 0 Å². The molecule has 0 spiro atoms. The standard InChI is InChI=1S/C8H13N3O2/c1-3-5(2)11-7(8(12)13)6(9)4-10-11/h4-5H,3,9H2,1-2H3,(H,12,13)/p-1. The zero-order chi connectivity index (χ0) is 10.0.